The van der Waals surface area contributed by atoms with Gasteiger partial charge in [0.15, 0.2) is 17.5 Å². The van der Waals surface area contributed by atoms with Crippen molar-refractivity contribution < 1.29 is 23.9 Å². The highest BCUT2D eigenvalue weighted by molar-refractivity contribution is 7.99. The first-order chi connectivity index (χ1) is 15.8. The Kier molecular flexibility index (Phi) is 7.98. The topological polar surface area (TPSA) is 119 Å². The molecule has 0 saturated heterocycles. The van der Waals surface area contributed by atoms with Gasteiger partial charge in [-0.2, -0.15) is 0 Å². The van der Waals surface area contributed by atoms with Gasteiger partial charge in [0.1, 0.15) is 0 Å². The zero-order chi connectivity index (χ0) is 23.8. The molecule has 10 heteroatoms. The Balaban J connectivity index is 1.53. The minimum atomic E-state index is -0.746. The third-order valence-corrected chi connectivity index (χ3v) is 5.50. The van der Waals surface area contributed by atoms with Crippen LogP contribution in [0.5, 0.6) is 0 Å². The largest absolute Gasteiger partial charge is 0.452 e. The lowest BCUT2D eigenvalue weighted by Crippen LogP contribution is -2.22. The summed E-state index contributed by atoms with van der Waals surface area (Å²) in [6.45, 7) is 0.942. The van der Waals surface area contributed by atoms with Crippen molar-refractivity contribution in [2.24, 2.45) is 7.05 Å². The first-order valence-corrected chi connectivity index (χ1v) is 10.9. The predicted octanol–water partition coefficient (Wildman–Crippen LogP) is 3.15. The Labute approximate surface area is 194 Å². The van der Waals surface area contributed by atoms with Crippen molar-refractivity contribution in [3.63, 3.8) is 0 Å². The van der Waals surface area contributed by atoms with Crippen LogP contribution in [0.15, 0.2) is 66.1 Å². The molecule has 0 bridgehead atoms. The van der Waals surface area contributed by atoms with Crippen molar-refractivity contribution in [1.29, 1.82) is 0 Å². The molecule has 170 valence electrons. The molecule has 1 aromatic heterocycles. The number of carbonyl (C=O) groups excluding carboxylic acids is 4. The van der Waals surface area contributed by atoms with Gasteiger partial charge in [0.25, 0.3) is 5.91 Å². The molecule has 3 rings (SSSR count). The number of Topliss-reactive ketones (excluding diaryl/α,β-unsaturated/α-hetero) is 1. The number of nitrogens with zero attached hydrogens (tertiary/aromatic N) is 2. The van der Waals surface area contributed by atoms with Crippen molar-refractivity contribution in [3.05, 3.63) is 72.1 Å². The fourth-order valence-electron chi connectivity index (χ4n) is 2.77. The van der Waals surface area contributed by atoms with Crippen molar-refractivity contribution >= 4 is 46.7 Å². The molecule has 33 heavy (non-hydrogen) atoms. The summed E-state index contributed by atoms with van der Waals surface area (Å²) in [4.78, 5) is 52.4. The number of carbonyl (C=O) groups is 4. The zero-order valence-corrected chi connectivity index (χ0v) is 18.8. The van der Waals surface area contributed by atoms with E-state index in [1.54, 1.807) is 59.4 Å². The molecule has 0 spiro atoms. The maximum Gasteiger partial charge on any atom is 0.340 e. The average Bonchev–Trinajstić information content (AvgIpc) is 3.21. The molecule has 2 aromatic carbocycles. The van der Waals surface area contributed by atoms with Crippen LogP contribution in [0.25, 0.3) is 0 Å². The van der Waals surface area contributed by atoms with E-state index in [4.69, 9.17) is 4.74 Å². The van der Waals surface area contributed by atoms with Gasteiger partial charge in [0, 0.05) is 30.7 Å². The van der Waals surface area contributed by atoms with Crippen LogP contribution in [0.4, 0.5) is 11.4 Å². The van der Waals surface area contributed by atoms with E-state index < -0.39 is 18.5 Å². The van der Waals surface area contributed by atoms with Crippen LogP contribution in [-0.4, -0.2) is 45.5 Å². The molecule has 1 heterocycles. The Morgan fingerprint density at radius 1 is 1.00 bits per heavy atom. The zero-order valence-electron chi connectivity index (χ0n) is 18.0. The highest BCUT2D eigenvalue weighted by atomic mass is 32.2. The summed E-state index contributed by atoms with van der Waals surface area (Å²) in [5.74, 6) is -1.56. The van der Waals surface area contributed by atoms with E-state index in [0.717, 1.165) is 0 Å². The molecule has 0 saturated carbocycles. The van der Waals surface area contributed by atoms with E-state index in [9.17, 15) is 19.2 Å². The Bertz CT molecular complexity index is 1170. The monoisotopic (exact) mass is 466 g/mol. The lowest BCUT2D eigenvalue weighted by atomic mass is 10.1. The van der Waals surface area contributed by atoms with Crippen LogP contribution in [0.3, 0.4) is 0 Å². The number of para-hydroxylation sites is 1. The first kappa shape index (κ1) is 23.7. The number of thioether (sulfide) groups is 1. The van der Waals surface area contributed by atoms with Gasteiger partial charge in [-0.3, -0.25) is 14.4 Å². The number of aromatic nitrogens is 2. The maximum atomic E-state index is 12.5. The Hall–Kier alpha value is -3.92. The number of nitrogens with one attached hydrogen (secondary N) is 2. The smallest absolute Gasteiger partial charge is 0.340 e. The van der Waals surface area contributed by atoms with Crippen LogP contribution < -0.4 is 10.6 Å². The van der Waals surface area contributed by atoms with E-state index in [-0.39, 0.29) is 28.7 Å². The first-order valence-electron chi connectivity index (χ1n) is 9.90. The van der Waals surface area contributed by atoms with Crippen LogP contribution in [0, 0.1) is 0 Å². The van der Waals surface area contributed by atoms with Gasteiger partial charge < -0.3 is 19.9 Å². The average molecular weight is 467 g/mol. The number of anilines is 2. The molecule has 0 fully saturated rings. The van der Waals surface area contributed by atoms with Crippen LogP contribution >= 0.6 is 11.8 Å². The molecule has 0 aliphatic rings. The lowest BCUT2D eigenvalue weighted by Gasteiger charge is -2.11. The number of hydrogen-bond acceptors (Lipinski definition) is 7. The normalized spacial score (nSPS) is 10.4. The molecule has 0 unspecified atom stereocenters. The number of ketones is 1. The third kappa shape index (κ3) is 6.78. The summed E-state index contributed by atoms with van der Waals surface area (Å²) in [7, 11) is 1.83. The highest BCUT2D eigenvalue weighted by Crippen LogP contribution is 2.19. The number of ether oxygens (including phenoxy) is 1. The molecule has 2 amide bonds. The number of aryl methyl sites for hydroxylation is 1. The van der Waals surface area contributed by atoms with Gasteiger partial charge in [-0.15, -0.1) is 0 Å². The second-order valence-electron chi connectivity index (χ2n) is 6.96. The summed E-state index contributed by atoms with van der Waals surface area (Å²) < 4.78 is 6.90. The van der Waals surface area contributed by atoms with E-state index in [1.165, 1.54) is 24.8 Å². The van der Waals surface area contributed by atoms with Gasteiger partial charge >= 0.3 is 5.97 Å². The number of hydrogen-bond donors (Lipinski definition) is 2. The van der Waals surface area contributed by atoms with Crippen LogP contribution in [0.1, 0.15) is 27.6 Å². The summed E-state index contributed by atoms with van der Waals surface area (Å²) in [5, 5.41) is 5.97. The summed E-state index contributed by atoms with van der Waals surface area (Å²) in [6.07, 6.45) is 3.42. The molecular weight excluding hydrogens is 444 g/mol. The fourth-order valence-corrected chi connectivity index (χ4v) is 3.50. The predicted molar refractivity (Wildman–Crippen MR) is 124 cm³/mol. The van der Waals surface area contributed by atoms with Crippen molar-refractivity contribution in [2.45, 2.75) is 12.1 Å². The van der Waals surface area contributed by atoms with Gasteiger partial charge in [0.05, 0.1) is 17.0 Å². The van der Waals surface area contributed by atoms with Gasteiger partial charge in [0.2, 0.25) is 5.91 Å². The quantitative estimate of drug-likeness (QED) is 0.282. The van der Waals surface area contributed by atoms with E-state index in [1.807, 2.05) is 7.05 Å². The summed E-state index contributed by atoms with van der Waals surface area (Å²) >= 11 is 1.26. The number of benzene rings is 2. The van der Waals surface area contributed by atoms with Crippen LogP contribution in [-0.2, 0) is 21.4 Å². The molecule has 0 atom stereocenters. The second-order valence-corrected chi connectivity index (χ2v) is 7.90. The summed E-state index contributed by atoms with van der Waals surface area (Å²) in [5.41, 5.74) is 1.41. The van der Waals surface area contributed by atoms with E-state index in [0.29, 0.717) is 16.4 Å². The number of esters is 1. The number of amides is 2. The van der Waals surface area contributed by atoms with Crippen LogP contribution in [0.2, 0.25) is 0 Å². The van der Waals surface area contributed by atoms with Crippen molar-refractivity contribution in [3.8, 4) is 0 Å². The molecule has 0 aliphatic heterocycles. The fraction of sp³-hybridized carbons (Fsp3) is 0.174. The molecule has 9 nitrogen and oxygen atoms in total. The van der Waals surface area contributed by atoms with E-state index in [2.05, 4.69) is 15.6 Å². The molecule has 2 N–H and O–H groups in total. The Morgan fingerprint density at radius 3 is 2.39 bits per heavy atom. The maximum absolute atomic E-state index is 12.5. The van der Waals surface area contributed by atoms with Gasteiger partial charge in [-0.25, -0.2) is 9.78 Å². The Morgan fingerprint density at radius 2 is 1.73 bits per heavy atom. The van der Waals surface area contributed by atoms with Crippen molar-refractivity contribution in [2.75, 3.05) is 23.0 Å². The lowest BCUT2D eigenvalue weighted by molar-refractivity contribution is -0.119. The second kappa shape index (κ2) is 11.1. The van der Waals surface area contributed by atoms with Crippen molar-refractivity contribution in [1.82, 2.24) is 9.55 Å². The van der Waals surface area contributed by atoms with E-state index >= 15 is 0 Å². The third-order valence-electron chi connectivity index (χ3n) is 4.44. The molecule has 0 aliphatic carbocycles. The molecule has 3 aromatic rings. The minimum Gasteiger partial charge on any atom is -0.452 e. The number of imidazole rings is 1. The standard InChI is InChI=1S/C23H22N4O5S/c1-15(28)16-7-9-17(10-8-16)25-20(29)13-32-22(31)18-5-3-4-6-19(18)26-21(30)14-33-23-24-11-12-27(23)2/h3-12H,13-14H2,1-2H3,(H,25,29)(H,26,30). The minimum absolute atomic E-state index is 0.0807. The highest BCUT2D eigenvalue weighted by Gasteiger charge is 2.16. The SMILES string of the molecule is CC(=O)c1ccc(NC(=O)COC(=O)c2ccccc2NC(=O)CSc2nccn2C)cc1. The molecule has 0 radical (unpaired) electrons. The van der Waals surface area contributed by atoms with Gasteiger partial charge in [-0.1, -0.05) is 23.9 Å². The number of rotatable bonds is 9. The summed E-state index contributed by atoms with van der Waals surface area (Å²) in [6, 6.07) is 12.7. The van der Waals surface area contributed by atoms with Gasteiger partial charge in [-0.05, 0) is 43.3 Å². The molecular formula is C23H22N4O5S.